The molecule has 0 aromatic carbocycles. The third-order valence-electron chi connectivity index (χ3n) is 3.69. The standard InChI is InChI=1S/C10H10O5/c11-8-5-3-6-7(4(5)1-2-14-8)10(13)15-9(6)12/h4-7H,1-3H2. The van der Waals surface area contributed by atoms with Gasteiger partial charge in [-0.05, 0) is 18.8 Å². The maximum Gasteiger partial charge on any atom is 0.317 e. The van der Waals surface area contributed by atoms with Gasteiger partial charge in [0.2, 0.25) is 0 Å². The SMILES string of the molecule is O=C1OCCC2C1CC1C(=O)OC(=O)C12. The largest absolute Gasteiger partial charge is 0.465 e. The van der Waals surface area contributed by atoms with Crippen molar-refractivity contribution in [2.45, 2.75) is 12.8 Å². The summed E-state index contributed by atoms with van der Waals surface area (Å²) in [4.78, 5) is 34.2. The van der Waals surface area contributed by atoms with Gasteiger partial charge in [0.25, 0.3) is 0 Å². The number of fused-ring (bicyclic) bond motifs is 3. The van der Waals surface area contributed by atoms with Crippen LogP contribution < -0.4 is 0 Å². The third kappa shape index (κ3) is 1.06. The van der Waals surface area contributed by atoms with E-state index in [2.05, 4.69) is 4.74 Å². The van der Waals surface area contributed by atoms with Crippen molar-refractivity contribution < 1.29 is 23.9 Å². The van der Waals surface area contributed by atoms with Gasteiger partial charge < -0.3 is 9.47 Å². The van der Waals surface area contributed by atoms with Crippen LogP contribution in [0.1, 0.15) is 12.8 Å². The first-order valence-electron chi connectivity index (χ1n) is 5.10. The van der Waals surface area contributed by atoms with Crippen molar-refractivity contribution in [3.05, 3.63) is 0 Å². The van der Waals surface area contributed by atoms with E-state index in [1.165, 1.54) is 0 Å². The molecule has 2 heterocycles. The minimum absolute atomic E-state index is 0.0461. The Hall–Kier alpha value is -1.39. The summed E-state index contributed by atoms with van der Waals surface area (Å²) in [7, 11) is 0. The summed E-state index contributed by atoms with van der Waals surface area (Å²) in [6, 6.07) is 0. The van der Waals surface area contributed by atoms with Crippen LogP contribution in [-0.4, -0.2) is 24.5 Å². The summed E-state index contributed by atoms with van der Waals surface area (Å²) in [5.41, 5.74) is 0. The highest BCUT2D eigenvalue weighted by Crippen LogP contribution is 2.49. The van der Waals surface area contributed by atoms with Crippen molar-refractivity contribution in [2.75, 3.05) is 6.61 Å². The lowest BCUT2D eigenvalue weighted by Gasteiger charge is -2.25. The molecule has 80 valence electrons. The van der Waals surface area contributed by atoms with Gasteiger partial charge >= 0.3 is 17.9 Å². The molecule has 4 unspecified atom stereocenters. The van der Waals surface area contributed by atoms with Crippen LogP contribution in [0.15, 0.2) is 0 Å². The van der Waals surface area contributed by atoms with Gasteiger partial charge in [-0.2, -0.15) is 0 Å². The van der Waals surface area contributed by atoms with E-state index < -0.39 is 23.8 Å². The van der Waals surface area contributed by atoms with E-state index in [9.17, 15) is 14.4 Å². The molecule has 0 spiro atoms. The molecule has 0 N–H and O–H groups in total. The number of rotatable bonds is 0. The molecule has 0 amide bonds. The number of hydrogen-bond donors (Lipinski definition) is 0. The second-order valence-corrected chi connectivity index (χ2v) is 4.33. The van der Waals surface area contributed by atoms with E-state index in [1.807, 2.05) is 0 Å². The molecule has 3 rings (SSSR count). The van der Waals surface area contributed by atoms with E-state index >= 15 is 0 Å². The van der Waals surface area contributed by atoms with E-state index in [1.54, 1.807) is 0 Å². The maximum atomic E-state index is 11.4. The highest BCUT2D eigenvalue weighted by atomic mass is 16.6. The molecule has 0 aromatic rings. The Bertz CT molecular complexity index is 361. The lowest BCUT2D eigenvalue weighted by atomic mass is 9.84. The van der Waals surface area contributed by atoms with E-state index in [-0.39, 0.29) is 17.8 Å². The number of carbonyl (C=O) groups is 3. The average Bonchev–Trinajstić information content (AvgIpc) is 2.68. The second kappa shape index (κ2) is 2.81. The first-order chi connectivity index (χ1) is 7.18. The van der Waals surface area contributed by atoms with Crippen LogP contribution in [0.4, 0.5) is 0 Å². The minimum Gasteiger partial charge on any atom is -0.465 e. The van der Waals surface area contributed by atoms with Gasteiger partial charge in [-0.25, -0.2) is 0 Å². The average molecular weight is 210 g/mol. The molecule has 2 saturated heterocycles. The van der Waals surface area contributed by atoms with Crippen molar-refractivity contribution >= 4 is 17.9 Å². The lowest BCUT2D eigenvalue weighted by molar-refractivity contribution is -0.160. The molecule has 5 nitrogen and oxygen atoms in total. The summed E-state index contributed by atoms with van der Waals surface area (Å²) in [6.45, 7) is 0.352. The van der Waals surface area contributed by atoms with Crippen LogP contribution in [0, 0.1) is 23.7 Å². The molecule has 0 bridgehead atoms. The summed E-state index contributed by atoms with van der Waals surface area (Å²) >= 11 is 0. The zero-order valence-corrected chi connectivity index (χ0v) is 7.97. The minimum atomic E-state index is -0.466. The van der Waals surface area contributed by atoms with Crippen molar-refractivity contribution in [1.29, 1.82) is 0 Å². The summed E-state index contributed by atoms with van der Waals surface area (Å²) in [5.74, 6) is -2.30. The highest BCUT2D eigenvalue weighted by molar-refractivity contribution is 5.98. The quantitative estimate of drug-likeness (QED) is 0.412. The Morgan fingerprint density at radius 1 is 1.00 bits per heavy atom. The Kier molecular flexibility index (Phi) is 1.66. The number of ether oxygens (including phenoxy) is 2. The van der Waals surface area contributed by atoms with Crippen molar-refractivity contribution in [3.63, 3.8) is 0 Å². The van der Waals surface area contributed by atoms with Crippen LogP contribution >= 0.6 is 0 Å². The van der Waals surface area contributed by atoms with E-state index in [0.717, 1.165) is 0 Å². The third-order valence-corrected chi connectivity index (χ3v) is 3.69. The predicted molar refractivity (Wildman–Crippen MR) is 45.3 cm³/mol. The molecule has 2 aliphatic heterocycles. The van der Waals surface area contributed by atoms with Crippen LogP contribution in [0.2, 0.25) is 0 Å². The molecule has 1 aliphatic carbocycles. The first kappa shape index (κ1) is 8.88. The zero-order chi connectivity index (χ0) is 10.6. The molecule has 0 radical (unpaired) electrons. The lowest BCUT2D eigenvalue weighted by Crippen LogP contribution is -2.33. The summed E-state index contributed by atoms with van der Waals surface area (Å²) in [6.07, 6.45) is 1.08. The van der Waals surface area contributed by atoms with Gasteiger partial charge in [-0.15, -0.1) is 0 Å². The normalized spacial score (nSPS) is 43.3. The Morgan fingerprint density at radius 2 is 1.80 bits per heavy atom. The molecule has 5 heteroatoms. The molecule has 1 saturated carbocycles. The van der Waals surface area contributed by atoms with Gasteiger partial charge in [-0.3, -0.25) is 14.4 Å². The van der Waals surface area contributed by atoms with Gasteiger partial charge in [0.1, 0.15) is 0 Å². The van der Waals surface area contributed by atoms with Crippen LogP contribution in [0.3, 0.4) is 0 Å². The van der Waals surface area contributed by atoms with Gasteiger partial charge in [0.05, 0.1) is 24.4 Å². The second-order valence-electron chi connectivity index (χ2n) is 4.33. The molecular formula is C10H10O5. The fourth-order valence-corrected chi connectivity index (χ4v) is 3.02. The zero-order valence-electron chi connectivity index (χ0n) is 7.97. The van der Waals surface area contributed by atoms with Crippen molar-refractivity contribution in [3.8, 4) is 0 Å². The first-order valence-corrected chi connectivity index (χ1v) is 5.10. The van der Waals surface area contributed by atoms with Gasteiger partial charge in [0.15, 0.2) is 0 Å². The molecule has 3 aliphatic rings. The van der Waals surface area contributed by atoms with Crippen LogP contribution in [-0.2, 0) is 23.9 Å². The van der Waals surface area contributed by atoms with Gasteiger partial charge in [0, 0.05) is 0 Å². The molecule has 4 atom stereocenters. The van der Waals surface area contributed by atoms with E-state index in [4.69, 9.17) is 4.74 Å². The molecule has 0 aromatic heterocycles. The topological polar surface area (TPSA) is 69.7 Å². The van der Waals surface area contributed by atoms with Gasteiger partial charge in [-0.1, -0.05) is 0 Å². The smallest absolute Gasteiger partial charge is 0.317 e. The Labute approximate surface area is 85.7 Å². The fraction of sp³-hybridized carbons (Fsp3) is 0.700. The number of cyclic esters (lactones) is 3. The Morgan fingerprint density at radius 3 is 2.60 bits per heavy atom. The highest BCUT2D eigenvalue weighted by Gasteiger charge is 2.59. The number of carbonyl (C=O) groups excluding carboxylic acids is 3. The molecule has 3 fully saturated rings. The molecular weight excluding hydrogens is 200 g/mol. The summed E-state index contributed by atoms with van der Waals surface area (Å²) < 4.78 is 9.51. The number of hydrogen-bond acceptors (Lipinski definition) is 5. The van der Waals surface area contributed by atoms with E-state index in [0.29, 0.717) is 19.4 Å². The monoisotopic (exact) mass is 210 g/mol. The van der Waals surface area contributed by atoms with Crippen molar-refractivity contribution in [1.82, 2.24) is 0 Å². The van der Waals surface area contributed by atoms with Crippen LogP contribution in [0.25, 0.3) is 0 Å². The summed E-state index contributed by atoms with van der Waals surface area (Å²) in [5, 5.41) is 0. The number of esters is 3. The molecule has 15 heavy (non-hydrogen) atoms. The van der Waals surface area contributed by atoms with Crippen molar-refractivity contribution in [2.24, 2.45) is 23.7 Å². The van der Waals surface area contributed by atoms with Crippen LogP contribution in [0.5, 0.6) is 0 Å². The predicted octanol–water partition coefficient (Wildman–Crippen LogP) is -0.115. The Balaban J connectivity index is 1.94. The maximum absolute atomic E-state index is 11.4. The fourth-order valence-electron chi connectivity index (χ4n) is 3.02.